The minimum absolute atomic E-state index is 0.0781. The molecule has 0 atom stereocenters. The maximum Gasteiger partial charge on any atom is 0.320 e. The molecule has 2 aromatic heterocycles. The minimum atomic E-state index is -0.440. The summed E-state index contributed by atoms with van der Waals surface area (Å²) in [4.78, 5) is 70.5. The van der Waals surface area contributed by atoms with Gasteiger partial charge >= 0.3 is 11.9 Å². The molecule has 0 unspecified atom stereocenters. The van der Waals surface area contributed by atoms with Crippen LogP contribution in [0.4, 0.5) is 0 Å². The number of pyridine rings is 2. The molecule has 0 spiro atoms. The van der Waals surface area contributed by atoms with Gasteiger partial charge in [-0.2, -0.15) is 0 Å². The molecular formula is C40H46N6O6. The van der Waals surface area contributed by atoms with Gasteiger partial charge in [0.2, 0.25) is 11.8 Å². The molecule has 2 aromatic carbocycles. The topological polar surface area (TPSA) is 125 Å². The Morgan fingerprint density at radius 2 is 0.962 bits per heavy atom. The number of nitrogens with zero attached hydrogens (tertiary/aromatic N) is 6. The van der Waals surface area contributed by atoms with Crippen molar-refractivity contribution in [3.05, 3.63) is 120 Å². The summed E-state index contributed by atoms with van der Waals surface area (Å²) >= 11 is 0. The summed E-state index contributed by atoms with van der Waals surface area (Å²) in [5.41, 5.74) is 4.38. The van der Waals surface area contributed by atoms with Gasteiger partial charge in [-0.3, -0.25) is 29.0 Å². The standard InChI is InChI=1S/C40H46N6O6/c1-3-51-39(49)29-43-25-33-17-11-19-35(41-33)36-20-12-18-34(42-36)26-44(30-40(50)52-4-2)28-38(48)46(24-32-15-9-6-10-16-32)22-21-45(37(47)27-43)23-31-13-7-5-8-14-31/h5-20H,3-4,21-30H2,1-2H3. The van der Waals surface area contributed by atoms with Crippen LogP contribution in [0.1, 0.15) is 36.4 Å². The van der Waals surface area contributed by atoms with Gasteiger partial charge in [0, 0.05) is 39.3 Å². The fraction of sp³-hybridized carbons (Fsp3) is 0.350. The van der Waals surface area contributed by atoms with Crippen LogP contribution in [0.25, 0.3) is 11.4 Å². The van der Waals surface area contributed by atoms with E-state index in [9.17, 15) is 19.2 Å². The van der Waals surface area contributed by atoms with Crippen LogP contribution < -0.4 is 0 Å². The van der Waals surface area contributed by atoms with Crippen LogP contribution in [0.15, 0.2) is 97.1 Å². The Labute approximate surface area is 305 Å². The molecule has 4 bridgehead atoms. The summed E-state index contributed by atoms with van der Waals surface area (Å²) in [5.74, 6) is -1.30. The quantitative estimate of drug-likeness (QED) is 0.224. The normalized spacial score (nSPS) is 15.1. The first-order valence-corrected chi connectivity index (χ1v) is 17.6. The van der Waals surface area contributed by atoms with E-state index in [0.717, 1.165) is 11.1 Å². The maximum atomic E-state index is 14.2. The lowest BCUT2D eigenvalue weighted by molar-refractivity contribution is -0.147. The van der Waals surface area contributed by atoms with Gasteiger partial charge in [0.1, 0.15) is 0 Å². The Kier molecular flexibility index (Phi) is 14.0. The smallest absolute Gasteiger partial charge is 0.320 e. The van der Waals surface area contributed by atoms with Crippen LogP contribution in [0.3, 0.4) is 0 Å². The van der Waals surface area contributed by atoms with Gasteiger partial charge in [-0.15, -0.1) is 0 Å². The molecule has 0 radical (unpaired) electrons. The average Bonchev–Trinajstić information content (AvgIpc) is 3.13. The van der Waals surface area contributed by atoms with Gasteiger partial charge < -0.3 is 19.3 Å². The summed E-state index contributed by atoms with van der Waals surface area (Å²) in [6, 6.07) is 30.4. The molecule has 0 saturated carbocycles. The second-order valence-electron chi connectivity index (χ2n) is 12.5. The molecule has 12 nitrogen and oxygen atoms in total. The van der Waals surface area contributed by atoms with Crippen molar-refractivity contribution >= 4 is 23.8 Å². The van der Waals surface area contributed by atoms with Gasteiger partial charge in [0.15, 0.2) is 0 Å². The molecule has 12 heteroatoms. The lowest BCUT2D eigenvalue weighted by Crippen LogP contribution is -2.47. The van der Waals surface area contributed by atoms with E-state index in [-0.39, 0.29) is 77.4 Å². The number of hydrogen-bond donors (Lipinski definition) is 0. The largest absolute Gasteiger partial charge is 0.465 e. The number of ether oxygens (including phenoxy) is 2. The lowest BCUT2D eigenvalue weighted by Gasteiger charge is -2.31. The molecule has 5 rings (SSSR count). The van der Waals surface area contributed by atoms with E-state index in [1.165, 1.54) is 0 Å². The summed E-state index contributed by atoms with van der Waals surface area (Å²) < 4.78 is 10.5. The SMILES string of the molecule is CCOC(=O)CN1CC(=O)N(Cc2ccccc2)CCN(Cc2ccccc2)C(=O)CN(CC(=O)OCC)Cc2cccc(n2)-c2cccc(n2)C1. The van der Waals surface area contributed by atoms with E-state index in [4.69, 9.17) is 19.4 Å². The highest BCUT2D eigenvalue weighted by molar-refractivity contribution is 5.81. The molecule has 2 amide bonds. The highest BCUT2D eigenvalue weighted by atomic mass is 16.5. The monoisotopic (exact) mass is 706 g/mol. The summed E-state index contributed by atoms with van der Waals surface area (Å²) in [6.07, 6.45) is 0. The zero-order valence-corrected chi connectivity index (χ0v) is 29.9. The van der Waals surface area contributed by atoms with Crippen molar-refractivity contribution in [3.63, 3.8) is 0 Å². The molecule has 272 valence electrons. The van der Waals surface area contributed by atoms with Crippen molar-refractivity contribution in [1.82, 2.24) is 29.6 Å². The number of esters is 2. The minimum Gasteiger partial charge on any atom is -0.465 e. The van der Waals surface area contributed by atoms with Crippen molar-refractivity contribution in [1.29, 1.82) is 0 Å². The van der Waals surface area contributed by atoms with E-state index >= 15 is 0 Å². The molecule has 1 aliphatic rings. The fourth-order valence-electron chi connectivity index (χ4n) is 6.01. The lowest BCUT2D eigenvalue weighted by atomic mass is 10.2. The predicted molar refractivity (Wildman–Crippen MR) is 195 cm³/mol. The zero-order valence-electron chi connectivity index (χ0n) is 29.9. The fourth-order valence-corrected chi connectivity index (χ4v) is 6.01. The highest BCUT2D eigenvalue weighted by Crippen LogP contribution is 2.18. The zero-order chi connectivity index (χ0) is 36.7. The number of fused-ring (bicyclic) bond motifs is 5. The number of benzene rings is 2. The second kappa shape index (κ2) is 19.2. The van der Waals surface area contributed by atoms with E-state index in [1.807, 2.05) is 97.1 Å². The van der Waals surface area contributed by atoms with Crippen LogP contribution in [-0.2, 0) is 54.8 Å². The molecule has 0 aliphatic carbocycles. The molecule has 0 saturated heterocycles. The number of hydrogen-bond acceptors (Lipinski definition) is 10. The first-order valence-electron chi connectivity index (χ1n) is 17.6. The Morgan fingerprint density at radius 3 is 1.35 bits per heavy atom. The third-order valence-electron chi connectivity index (χ3n) is 8.46. The molecule has 0 N–H and O–H groups in total. The molecule has 3 heterocycles. The van der Waals surface area contributed by atoms with Gasteiger partial charge in [-0.25, -0.2) is 9.97 Å². The molecule has 4 aromatic rings. The Hall–Kier alpha value is -5.46. The van der Waals surface area contributed by atoms with Crippen LogP contribution >= 0.6 is 0 Å². The molecule has 0 fully saturated rings. The van der Waals surface area contributed by atoms with Crippen LogP contribution in [-0.4, -0.2) is 106 Å². The van der Waals surface area contributed by atoms with E-state index < -0.39 is 11.9 Å². The Balaban J connectivity index is 1.54. The van der Waals surface area contributed by atoms with Crippen molar-refractivity contribution in [2.75, 3.05) is 52.5 Å². The van der Waals surface area contributed by atoms with E-state index in [1.54, 1.807) is 33.4 Å². The number of amides is 2. The Bertz CT molecular complexity index is 1660. The summed E-state index contributed by atoms with van der Waals surface area (Å²) in [7, 11) is 0. The van der Waals surface area contributed by atoms with Gasteiger partial charge in [-0.05, 0) is 49.2 Å². The molecule has 1 aliphatic heterocycles. The average molecular weight is 707 g/mol. The van der Waals surface area contributed by atoms with Crippen molar-refractivity contribution in [2.45, 2.75) is 40.0 Å². The molecule has 52 heavy (non-hydrogen) atoms. The maximum absolute atomic E-state index is 14.2. The highest BCUT2D eigenvalue weighted by Gasteiger charge is 2.25. The third kappa shape index (κ3) is 11.5. The number of carbonyl (C=O) groups is 4. The van der Waals surface area contributed by atoms with Crippen molar-refractivity contribution < 1.29 is 28.7 Å². The van der Waals surface area contributed by atoms with Crippen LogP contribution in [0.2, 0.25) is 0 Å². The van der Waals surface area contributed by atoms with E-state index in [0.29, 0.717) is 35.9 Å². The first-order chi connectivity index (χ1) is 25.3. The van der Waals surface area contributed by atoms with Gasteiger partial charge in [-0.1, -0.05) is 72.8 Å². The summed E-state index contributed by atoms with van der Waals surface area (Å²) in [6.45, 7) is 5.07. The predicted octanol–water partition coefficient (Wildman–Crippen LogP) is 3.95. The first kappa shape index (κ1) is 37.8. The number of rotatable bonds is 10. The van der Waals surface area contributed by atoms with Crippen molar-refractivity contribution in [3.8, 4) is 11.4 Å². The summed E-state index contributed by atoms with van der Waals surface area (Å²) in [5, 5.41) is 0. The number of carbonyl (C=O) groups excluding carboxylic acids is 4. The third-order valence-corrected chi connectivity index (χ3v) is 8.46. The van der Waals surface area contributed by atoms with Gasteiger partial charge in [0.25, 0.3) is 0 Å². The molecular weight excluding hydrogens is 660 g/mol. The van der Waals surface area contributed by atoms with Crippen LogP contribution in [0.5, 0.6) is 0 Å². The number of aromatic nitrogens is 2. The van der Waals surface area contributed by atoms with Crippen molar-refractivity contribution in [2.24, 2.45) is 0 Å². The van der Waals surface area contributed by atoms with Crippen LogP contribution in [0, 0.1) is 0 Å². The second-order valence-corrected chi connectivity index (χ2v) is 12.5. The Morgan fingerprint density at radius 1 is 0.558 bits per heavy atom. The van der Waals surface area contributed by atoms with Gasteiger partial charge in [0.05, 0.1) is 62.2 Å². The van der Waals surface area contributed by atoms with E-state index in [2.05, 4.69) is 0 Å².